The Balaban J connectivity index is 1.70. The third-order valence-electron chi connectivity index (χ3n) is 4.04. The van der Waals surface area contributed by atoms with Crippen molar-refractivity contribution >= 4 is 11.8 Å². The number of hydrogen-bond acceptors (Lipinski definition) is 4. The van der Waals surface area contributed by atoms with Gasteiger partial charge in [-0.15, -0.1) is 0 Å². The Hall–Kier alpha value is -3.54. The van der Waals surface area contributed by atoms with Gasteiger partial charge in [0.15, 0.2) is 0 Å². The van der Waals surface area contributed by atoms with E-state index >= 15 is 0 Å². The van der Waals surface area contributed by atoms with Crippen LogP contribution in [0.2, 0.25) is 0 Å². The predicted molar refractivity (Wildman–Crippen MR) is 102 cm³/mol. The highest BCUT2D eigenvalue weighted by Crippen LogP contribution is 2.06. The van der Waals surface area contributed by atoms with E-state index in [1.54, 1.807) is 30.7 Å². The van der Waals surface area contributed by atoms with E-state index in [0.717, 1.165) is 11.1 Å². The lowest BCUT2D eigenvalue weighted by atomic mass is 10.0. The molecule has 6 heteroatoms. The standard InChI is InChI=1S/C21H20N4O2/c26-20(18-7-4-10-23-15-18)25-19(13-16-5-2-1-3-6-16)21(27)24-14-17-8-11-22-12-9-17/h1-12,15,19H,13-14H2,(H,24,27)(H,25,26)/t19-/m0/s1. The molecular formula is C21H20N4O2. The molecule has 0 unspecified atom stereocenters. The van der Waals surface area contributed by atoms with Crippen molar-refractivity contribution in [2.45, 2.75) is 19.0 Å². The summed E-state index contributed by atoms with van der Waals surface area (Å²) in [4.78, 5) is 33.1. The number of rotatable bonds is 7. The van der Waals surface area contributed by atoms with E-state index in [-0.39, 0.29) is 11.8 Å². The average Bonchev–Trinajstić information content (AvgIpc) is 2.73. The van der Waals surface area contributed by atoms with Crippen LogP contribution in [0.25, 0.3) is 0 Å². The molecule has 2 amide bonds. The molecule has 2 aromatic heterocycles. The summed E-state index contributed by atoms with van der Waals surface area (Å²) < 4.78 is 0. The Morgan fingerprint density at radius 3 is 2.33 bits per heavy atom. The summed E-state index contributed by atoms with van der Waals surface area (Å²) in [6, 6.07) is 15.9. The van der Waals surface area contributed by atoms with Crippen molar-refractivity contribution in [1.29, 1.82) is 0 Å². The first-order valence-corrected chi connectivity index (χ1v) is 8.64. The third-order valence-corrected chi connectivity index (χ3v) is 4.04. The van der Waals surface area contributed by atoms with Crippen LogP contribution in [0.5, 0.6) is 0 Å². The van der Waals surface area contributed by atoms with Gasteiger partial charge in [-0.1, -0.05) is 30.3 Å². The van der Waals surface area contributed by atoms with Crippen molar-refractivity contribution in [2.24, 2.45) is 0 Å². The minimum atomic E-state index is -0.693. The Bertz CT molecular complexity index is 870. The Kier molecular flexibility index (Phi) is 6.25. The molecule has 1 atom stereocenters. The average molecular weight is 360 g/mol. The predicted octanol–water partition coefficient (Wildman–Crippen LogP) is 2.13. The van der Waals surface area contributed by atoms with E-state index in [1.165, 1.54) is 6.20 Å². The number of nitrogens with one attached hydrogen (secondary N) is 2. The van der Waals surface area contributed by atoms with Gasteiger partial charge in [0.1, 0.15) is 6.04 Å². The van der Waals surface area contributed by atoms with Gasteiger partial charge >= 0.3 is 0 Å². The van der Waals surface area contributed by atoms with Crippen LogP contribution >= 0.6 is 0 Å². The van der Waals surface area contributed by atoms with E-state index in [9.17, 15) is 9.59 Å². The Morgan fingerprint density at radius 1 is 0.852 bits per heavy atom. The molecule has 0 aliphatic heterocycles. The van der Waals surface area contributed by atoms with E-state index < -0.39 is 6.04 Å². The second kappa shape index (κ2) is 9.24. The van der Waals surface area contributed by atoms with Crippen LogP contribution in [0.4, 0.5) is 0 Å². The summed E-state index contributed by atoms with van der Waals surface area (Å²) in [5, 5.41) is 5.69. The first-order chi connectivity index (χ1) is 13.2. The summed E-state index contributed by atoms with van der Waals surface area (Å²) in [5.74, 6) is -0.573. The van der Waals surface area contributed by atoms with Crippen LogP contribution < -0.4 is 10.6 Å². The van der Waals surface area contributed by atoms with Crippen molar-refractivity contribution in [3.63, 3.8) is 0 Å². The van der Waals surface area contributed by atoms with Gasteiger partial charge in [0.05, 0.1) is 5.56 Å². The molecule has 136 valence electrons. The molecule has 2 heterocycles. The zero-order chi connectivity index (χ0) is 18.9. The maximum Gasteiger partial charge on any atom is 0.253 e. The molecule has 0 bridgehead atoms. The van der Waals surface area contributed by atoms with Crippen LogP contribution in [-0.2, 0) is 17.8 Å². The first kappa shape index (κ1) is 18.3. The number of amides is 2. The third kappa shape index (κ3) is 5.47. The number of benzene rings is 1. The van der Waals surface area contributed by atoms with Crippen LogP contribution in [-0.4, -0.2) is 27.8 Å². The summed E-state index contributed by atoms with van der Waals surface area (Å²) in [5.41, 5.74) is 2.32. The normalized spacial score (nSPS) is 11.4. The number of hydrogen-bond donors (Lipinski definition) is 2. The summed E-state index contributed by atoms with van der Waals surface area (Å²) >= 11 is 0. The second-order valence-electron chi connectivity index (χ2n) is 6.03. The van der Waals surface area contributed by atoms with Gasteiger partial charge in [0, 0.05) is 37.8 Å². The van der Waals surface area contributed by atoms with E-state index in [4.69, 9.17) is 0 Å². The molecule has 0 spiro atoms. The van der Waals surface area contributed by atoms with Gasteiger partial charge in [-0.05, 0) is 35.4 Å². The summed E-state index contributed by atoms with van der Waals surface area (Å²) in [6.45, 7) is 0.370. The van der Waals surface area contributed by atoms with Crippen LogP contribution in [0.15, 0.2) is 79.4 Å². The molecule has 2 N–H and O–H groups in total. The van der Waals surface area contributed by atoms with Crippen LogP contribution in [0, 0.1) is 0 Å². The molecular weight excluding hydrogens is 340 g/mol. The van der Waals surface area contributed by atoms with E-state index in [2.05, 4.69) is 20.6 Å². The lowest BCUT2D eigenvalue weighted by molar-refractivity contribution is -0.123. The molecule has 0 aliphatic carbocycles. The molecule has 3 aromatic rings. The number of aromatic nitrogens is 2. The highest BCUT2D eigenvalue weighted by atomic mass is 16.2. The maximum absolute atomic E-state index is 12.7. The second-order valence-corrected chi connectivity index (χ2v) is 6.03. The largest absolute Gasteiger partial charge is 0.350 e. The molecule has 6 nitrogen and oxygen atoms in total. The zero-order valence-electron chi connectivity index (χ0n) is 14.7. The molecule has 0 aliphatic rings. The quantitative estimate of drug-likeness (QED) is 0.676. The van der Waals surface area contributed by atoms with Gasteiger partial charge in [-0.25, -0.2) is 0 Å². The zero-order valence-corrected chi connectivity index (χ0v) is 14.7. The van der Waals surface area contributed by atoms with Gasteiger partial charge in [-0.3, -0.25) is 19.6 Å². The van der Waals surface area contributed by atoms with Gasteiger partial charge < -0.3 is 10.6 Å². The number of carbonyl (C=O) groups is 2. The highest BCUT2D eigenvalue weighted by Gasteiger charge is 2.21. The fraction of sp³-hybridized carbons (Fsp3) is 0.143. The fourth-order valence-electron chi connectivity index (χ4n) is 2.61. The van der Waals surface area contributed by atoms with Crippen LogP contribution in [0.3, 0.4) is 0 Å². The topological polar surface area (TPSA) is 84.0 Å². The number of carbonyl (C=O) groups excluding carboxylic acids is 2. The molecule has 0 saturated carbocycles. The molecule has 3 rings (SSSR count). The minimum absolute atomic E-state index is 0.243. The minimum Gasteiger partial charge on any atom is -0.350 e. The lowest BCUT2D eigenvalue weighted by Crippen LogP contribution is -2.47. The lowest BCUT2D eigenvalue weighted by Gasteiger charge is -2.19. The van der Waals surface area contributed by atoms with E-state index in [0.29, 0.717) is 18.5 Å². The maximum atomic E-state index is 12.7. The van der Waals surface area contributed by atoms with Crippen molar-refractivity contribution in [3.05, 3.63) is 96.1 Å². The SMILES string of the molecule is O=C(N[C@@H](Cc1ccccc1)C(=O)NCc1ccncc1)c1cccnc1. The van der Waals surface area contributed by atoms with Crippen molar-refractivity contribution in [3.8, 4) is 0 Å². The van der Waals surface area contributed by atoms with Crippen LogP contribution in [0.1, 0.15) is 21.5 Å². The molecule has 0 radical (unpaired) electrons. The van der Waals surface area contributed by atoms with E-state index in [1.807, 2.05) is 42.5 Å². The number of nitrogens with zero attached hydrogens (tertiary/aromatic N) is 2. The molecule has 27 heavy (non-hydrogen) atoms. The van der Waals surface area contributed by atoms with Crippen molar-refractivity contribution in [2.75, 3.05) is 0 Å². The summed E-state index contributed by atoms with van der Waals surface area (Å²) in [7, 11) is 0. The van der Waals surface area contributed by atoms with Gasteiger partial charge in [0.2, 0.25) is 5.91 Å². The van der Waals surface area contributed by atoms with Crippen molar-refractivity contribution in [1.82, 2.24) is 20.6 Å². The number of pyridine rings is 2. The molecule has 1 aromatic carbocycles. The monoisotopic (exact) mass is 360 g/mol. The Morgan fingerprint density at radius 2 is 1.63 bits per heavy atom. The highest BCUT2D eigenvalue weighted by molar-refractivity contribution is 5.97. The van der Waals surface area contributed by atoms with Gasteiger partial charge in [-0.2, -0.15) is 0 Å². The van der Waals surface area contributed by atoms with Gasteiger partial charge in [0.25, 0.3) is 5.91 Å². The smallest absolute Gasteiger partial charge is 0.253 e. The molecule has 0 saturated heterocycles. The first-order valence-electron chi connectivity index (χ1n) is 8.64. The van der Waals surface area contributed by atoms with Crippen molar-refractivity contribution < 1.29 is 9.59 Å². The molecule has 0 fully saturated rings. The fourth-order valence-corrected chi connectivity index (χ4v) is 2.61. The summed E-state index contributed by atoms with van der Waals surface area (Å²) in [6.07, 6.45) is 6.82. The Labute approximate surface area is 157 Å².